The molecular weight excluding hydrogens is 356 g/mol. The summed E-state index contributed by atoms with van der Waals surface area (Å²) in [4.78, 5) is 14.2. The van der Waals surface area contributed by atoms with E-state index in [-0.39, 0.29) is 27.5 Å². The fraction of sp³-hybridized carbons (Fsp3) is 0.111. The van der Waals surface area contributed by atoms with E-state index in [2.05, 4.69) is 9.93 Å². The van der Waals surface area contributed by atoms with Gasteiger partial charge in [0.25, 0.3) is 10.0 Å². The summed E-state index contributed by atoms with van der Waals surface area (Å²) < 4.78 is 29.7. The summed E-state index contributed by atoms with van der Waals surface area (Å²) in [6.07, 6.45) is 0. The molecule has 0 radical (unpaired) electrons. The van der Waals surface area contributed by atoms with Crippen molar-refractivity contribution < 1.29 is 17.9 Å². The van der Waals surface area contributed by atoms with Crippen molar-refractivity contribution in [3.8, 4) is 5.75 Å². The van der Waals surface area contributed by atoms with E-state index in [1.165, 1.54) is 19.1 Å². The number of fused-ring (bicyclic) bond motifs is 1. The highest BCUT2D eigenvalue weighted by atomic mass is 32.2. The average Bonchev–Trinajstić information content (AvgIpc) is 2.60. The zero-order valence-electron chi connectivity index (χ0n) is 14.1. The normalized spacial score (nSPS) is 12.3. The summed E-state index contributed by atoms with van der Waals surface area (Å²) in [6, 6.07) is 12.7. The van der Waals surface area contributed by atoms with Crippen molar-refractivity contribution in [2.75, 3.05) is 0 Å². The molecule has 0 bridgehead atoms. The number of nitrogens with one attached hydrogen (secondary N) is 1. The molecular formula is C18H16N2O5S. The van der Waals surface area contributed by atoms with Crippen molar-refractivity contribution >= 4 is 26.7 Å². The third-order valence-corrected chi connectivity index (χ3v) is 5.04. The highest BCUT2D eigenvalue weighted by molar-refractivity contribution is 7.89. The molecule has 2 aromatic carbocycles. The second-order valence-electron chi connectivity index (χ2n) is 5.71. The predicted octanol–water partition coefficient (Wildman–Crippen LogP) is 2.51. The number of benzene rings is 2. The van der Waals surface area contributed by atoms with E-state index < -0.39 is 15.6 Å². The van der Waals surface area contributed by atoms with Gasteiger partial charge in [0.05, 0.1) is 16.0 Å². The van der Waals surface area contributed by atoms with Gasteiger partial charge in [-0.15, -0.1) is 0 Å². The first-order valence-corrected chi connectivity index (χ1v) is 9.16. The van der Waals surface area contributed by atoms with Crippen molar-refractivity contribution in [1.29, 1.82) is 0 Å². The Balaban J connectivity index is 1.99. The summed E-state index contributed by atoms with van der Waals surface area (Å²) in [7, 11) is -3.90. The molecule has 1 heterocycles. The van der Waals surface area contributed by atoms with E-state index in [0.29, 0.717) is 5.39 Å². The van der Waals surface area contributed by atoms with Gasteiger partial charge in [-0.1, -0.05) is 29.8 Å². The van der Waals surface area contributed by atoms with Gasteiger partial charge < -0.3 is 9.52 Å². The van der Waals surface area contributed by atoms with Gasteiger partial charge in [-0.25, -0.2) is 4.79 Å². The van der Waals surface area contributed by atoms with Gasteiger partial charge in [0.1, 0.15) is 16.9 Å². The fourth-order valence-electron chi connectivity index (χ4n) is 2.41. The molecule has 0 aliphatic rings. The number of sulfonamides is 1. The first-order valence-electron chi connectivity index (χ1n) is 7.67. The maximum Gasteiger partial charge on any atom is 0.349 e. The van der Waals surface area contributed by atoms with E-state index in [4.69, 9.17) is 4.42 Å². The van der Waals surface area contributed by atoms with Crippen LogP contribution in [0, 0.1) is 6.92 Å². The Morgan fingerprint density at radius 2 is 1.77 bits per heavy atom. The highest BCUT2D eigenvalue weighted by Gasteiger charge is 2.18. The summed E-state index contributed by atoms with van der Waals surface area (Å²) >= 11 is 0. The molecule has 3 aromatic rings. The van der Waals surface area contributed by atoms with Crippen molar-refractivity contribution in [2.45, 2.75) is 18.7 Å². The van der Waals surface area contributed by atoms with Crippen LogP contribution in [0.15, 0.2) is 67.7 Å². The van der Waals surface area contributed by atoms with Crippen LogP contribution in [0.25, 0.3) is 11.0 Å². The average molecular weight is 372 g/mol. The highest BCUT2D eigenvalue weighted by Crippen LogP contribution is 2.26. The fourth-order valence-corrected chi connectivity index (χ4v) is 3.26. The van der Waals surface area contributed by atoms with Crippen LogP contribution in [-0.4, -0.2) is 19.2 Å². The summed E-state index contributed by atoms with van der Waals surface area (Å²) in [6.45, 7) is 3.24. The van der Waals surface area contributed by atoms with Gasteiger partial charge in [-0.2, -0.15) is 18.4 Å². The lowest BCUT2D eigenvalue weighted by Crippen LogP contribution is -2.22. The SMILES string of the molecule is C/C(=N/NS(=O)(=O)c1ccc(C)cc1)c1c(O)c2ccccc2oc1=O. The quantitative estimate of drug-likeness (QED) is 0.415. The first kappa shape index (κ1) is 17.7. The molecule has 0 aliphatic carbocycles. The number of para-hydroxylation sites is 1. The van der Waals surface area contributed by atoms with Gasteiger partial charge in [0.15, 0.2) is 0 Å². The van der Waals surface area contributed by atoms with Crippen LogP contribution in [0.3, 0.4) is 0 Å². The van der Waals surface area contributed by atoms with Gasteiger partial charge in [-0.05, 0) is 38.1 Å². The molecule has 8 heteroatoms. The van der Waals surface area contributed by atoms with E-state index >= 15 is 0 Å². The number of hydrogen-bond acceptors (Lipinski definition) is 6. The molecule has 7 nitrogen and oxygen atoms in total. The minimum absolute atomic E-state index is 0.0160. The van der Waals surface area contributed by atoms with Crippen LogP contribution < -0.4 is 10.5 Å². The third kappa shape index (κ3) is 3.31. The van der Waals surface area contributed by atoms with Gasteiger partial charge >= 0.3 is 5.63 Å². The van der Waals surface area contributed by atoms with Crippen LogP contribution >= 0.6 is 0 Å². The lowest BCUT2D eigenvalue weighted by molar-refractivity contribution is 0.466. The van der Waals surface area contributed by atoms with Gasteiger partial charge in [0, 0.05) is 0 Å². The number of aromatic hydroxyl groups is 1. The Morgan fingerprint density at radius 1 is 1.12 bits per heavy atom. The molecule has 0 unspecified atom stereocenters. The predicted molar refractivity (Wildman–Crippen MR) is 97.9 cm³/mol. The molecule has 26 heavy (non-hydrogen) atoms. The molecule has 0 saturated heterocycles. The summed E-state index contributed by atoms with van der Waals surface area (Å²) in [5.74, 6) is -0.312. The number of rotatable bonds is 4. The summed E-state index contributed by atoms with van der Waals surface area (Å²) in [5.41, 5.74) is 0.124. The number of hydrazone groups is 1. The molecule has 2 N–H and O–H groups in total. The monoisotopic (exact) mass is 372 g/mol. The zero-order valence-corrected chi connectivity index (χ0v) is 14.9. The molecule has 0 fully saturated rings. The topological polar surface area (TPSA) is 109 Å². The lowest BCUT2D eigenvalue weighted by atomic mass is 10.1. The van der Waals surface area contributed by atoms with Gasteiger partial charge in [0.2, 0.25) is 0 Å². The third-order valence-electron chi connectivity index (χ3n) is 3.81. The minimum atomic E-state index is -3.90. The molecule has 0 atom stereocenters. The largest absolute Gasteiger partial charge is 0.506 e. The molecule has 134 valence electrons. The Labute approximate surface area is 149 Å². The lowest BCUT2D eigenvalue weighted by Gasteiger charge is -2.07. The molecule has 0 saturated carbocycles. The smallest absolute Gasteiger partial charge is 0.349 e. The number of nitrogens with zero attached hydrogens (tertiary/aromatic N) is 1. The molecule has 3 rings (SSSR count). The number of hydrogen-bond donors (Lipinski definition) is 2. The Morgan fingerprint density at radius 3 is 2.46 bits per heavy atom. The minimum Gasteiger partial charge on any atom is -0.506 e. The first-order chi connectivity index (χ1) is 12.3. The second kappa shape index (κ2) is 6.64. The molecule has 0 aliphatic heterocycles. The molecule has 1 aromatic heterocycles. The summed E-state index contributed by atoms with van der Waals surface area (Å²) in [5, 5.41) is 14.4. The van der Waals surface area contributed by atoms with Crippen molar-refractivity contribution in [2.24, 2.45) is 5.10 Å². The van der Waals surface area contributed by atoms with E-state index in [1.54, 1.807) is 36.4 Å². The van der Waals surface area contributed by atoms with Crippen molar-refractivity contribution in [3.05, 3.63) is 70.1 Å². The van der Waals surface area contributed by atoms with E-state index in [9.17, 15) is 18.3 Å². The standard InChI is InChI=1S/C18H16N2O5S/c1-11-7-9-13(10-8-11)26(23,24)20-19-12(2)16-17(21)14-5-3-4-6-15(14)25-18(16)22/h3-10,20-21H,1-2H3/b19-12-. The van der Waals surface area contributed by atoms with Crippen molar-refractivity contribution in [3.63, 3.8) is 0 Å². The van der Waals surface area contributed by atoms with Crippen LogP contribution in [0.2, 0.25) is 0 Å². The number of aryl methyl sites for hydroxylation is 1. The molecule has 0 spiro atoms. The zero-order chi connectivity index (χ0) is 18.9. The van der Waals surface area contributed by atoms with Crippen molar-refractivity contribution in [1.82, 2.24) is 4.83 Å². The van der Waals surface area contributed by atoms with Gasteiger partial charge in [-0.3, -0.25) is 0 Å². The van der Waals surface area contributed by atoms with E-state index in [0.717, 1.165) is 5.56 Å². The Hall–Kier alpha value is -3.13. The van der Waals surface area contributed by atoms with Crippen LogP contribution in [0.1, 0.15) is 18.1 Å². The maximum atomic E-state index is 12.3. The Kier molecular flexibility index (Phi) is 4.52. The Bertz CT molecular complexity index is 1160. The molecule has 0 amide bonds. The maximum absolute atomic E-state index is 12.3. The van der Waals surface area contributed by atoms with E-state index in [1.807, 2.05) is 6.92 Å². The van der Waals surface area contributed by atoms with Crippen LogP contribution in [0.4, 0.5) is 0 Å². The van der Waals surface area contributed by atoms with Crippen LogP contribution in [-0.2, 0) is 10.0 Å². The second-order valence-corrected chi connectivity index (χ2v) is 7.38. The van der Waals surface area contributed by atoms with Crippen LogP contribution in [0.5, 0.6) is 5.75 Å².